The van der Waals surface area contributed by atoms with Crippen LogP contribution in [0.15, 0.2) is 24.3 Å². The van der Waals surface area contributed by atoms with E-state index in [2.05, 4.69) is 5.32 Å². The summed E-state index contributed by atoms with van der Waals surface area (Å²) in [5.41, 5.74) is -0.337. The van der Waals surface area contributed by atoms with Gasteiger partial charge in [0.2, 0.25) is 11.8 Å². The second kappa shape index (κ2) is 7.65. The normalized spacial score (nSPS) is 18.6. The number of carbonyl (C=O) groups is 2. The maximum atomic E-state index is 12.8. The smallest absolute Gasteiger partial charge is 0.375 e. The third kappa shape index (κ3) is 4.70. The van der Waals surface area contributed by atoms with E-state index in [1.807, 2.05) is 0 Å². The van der Waals surface area contributed by atoms with Crippen molar-refractivity contribution in [3.05, 3.63) is 35.4 Å². The van der Waals surface area contributed by atoms with Gasteiger partial charge >= 0.3 is 6.18 Å². The van der Waals surface area contributed by atoms with Crippen LogP contribution < -0.4 is 5.32 Å². The highest BCUT2D eigenvalue weighted by Gasteiger charge is 2.32. The first-order valence-corrected chi connectivity index (χ1v) is 7.54. The molecule has 0 aliphatic carbocycles. The van der Waals surface area contributed by atoms with Crippen molar-refractivity contribution < 1.29 is 27.5 Å². The molecular formula is C16H19F3N2O3. The Morgan fingerprint density at radius 3 is 2.83 bits per heavy atom. The lowest BCUT2D eigenvalue weighted by Crippen LogP contribution is -2.52. The van der Waals surface area contributed by atoms with Crippen LogP contribution in [0.5, 0.6) is 0 Å². The van der Waals surface area contributed by atoms with Crippen molar-refractivity contribution in [1.82, 2.24) is 10.2 Å². The van der Waals surface area contributed by atoms with Gasteiger partial charge in [-0.1, -0.05) is 12.1 Å². The number of amides is 2. The molecule has 132 valence electrons. The molecule has 1 saturated heterocycles. The molecule has 0 spiro atoms. The average molecular weight is 344 g/mol. The Kier molecular flexibility index (Phi) is 5.82. The number of nitrogens with one attached hydrogen (secondary N) is 1. The lowest BCUT2D eigenvalue weighted by Gasteiger charge is -2.32. The van der Waals surface area contributed by atoms with Gasteiger partial charge in [-0.25, -0.2) is 0 Å². The van der Waals surface area contributed by atoms with Crippen LogP contribution in [0.3, 0.4) is 0 Å². The molecule has 1 N–H and O–H groups in total. The Balaban J connectivity index is 2.04. The number of methoxy groups -OCH3 is 1. The van der Waals surface area contributed by atoms with Gasteiger partial charge in [-0.3, -0.25) is 9.59 Å². The lowest BCUT2D eigenvalue weighted by atomic mass is 10.0. The Morgan fingerprint density at radius 2 is 2.17 bits per heavy atom. The number of likely N-dealkylation sites (tertiary alicyclic amines) is 1. The second-order valence-electron chi connectivity index (χ2n) is 5.65. The largest absolute Gasteiger partial charge is 0.416 e. The van der Waals surface area contributed by atoms with E-state index in [0.717, 1.165) is 12.1 Å². The number of hydrogen-bond donors (Lipinski definition) is 1. The van der Waals surface area contributed by atoms with Gasteiger partial charge in [-0.2, -0.15) is 13.2 Å². The van der Waals surface area contributed by atoms with E-state index in [9.17, 15) is 22.8 Å². The number of carbonyl (C=O) groups excluding carboxylic acids is 2. The van der Waals surface area contributed by atoms with Crippen molar-refractivity contribution in [2.24, 2.45) is 0 Å². The summed E-state index contributed by atoms with van der Waals surface area (Å²) in [5.74, 6) is -0.681. The lowest BCUT2D eigenvalue weighted by molar-refractivity contribution is -0.140. The Labute approximate surface area is 137 Å². The molecule has 0 bridgehead atoms. The number of hydrogen-bond acceptors (Lipinski definition) is 3. The summed E-state index contributed by atoms with van der Waals surface area (Å²) in [6.45, 7) is 0.391. The molecule has 0 saturated carbocycles. The highest BCUT2D eigenvalue weighted by molar-refractivity contribution is 5.88. The molecule has 8 heteroatoms. The second-order valence-corrected chi connectivity index (χ2v) is 5.65. The highest BCUT2D eigenvalue weighted by Crippen LogP contribution is 2.30. The van der Waals surface area contributed by atoms with Gasteiger partial charge < -0.3 is 15.0 Å². The number of alkyl halides is 3. The number of benzene rings is 1. The molecule has 1 unspecified atom stereocenters. The molecule has 5 nitrogen and oxygen atoms in total. The zero-order valence-electron chi connectivity index (χ0n) is 13.2. The molecule has 1 aromatic carbocycles. The first-order chi connectivity index (χ1) is 11.3. The van der Waals surface area contributed by atoms with E-state index in [4.69, 9.17) is 4.74 Å². The molecule has 1 heterocycles. The van der Waals surface area contributed by atoms with Crippen LogP contribution in [-0.2, 0) is 27.0 Å². The Bertz CT molecular complexity index is 604. The fraction of sp³-hybridized carbons (Fsp3) is 0.500. The van der Waals surface area contributed by atoms with Crippen molar-refractivity contribution in [2.45, 2.75) is 31.6 Å². The van der Waals surface area contributed by atoms with Crippen molar-refractivity contribution in [3.63, 3.8) is 0 Å². The van der Waals surface area contributed by atoms with E-state index in [-0.39, 0.29) is 19.1 Å². The summed E-state index contributed by atoms with van der Waals surface area (Å²) >= 11 is 0. The summed E-state index contributed by atoms with van der Waals surface area (Å²) in [6.07, 6.45) is -3.24. The molecule has 0 aromatic heterocycles. The number of halogens is 3. The van der Waals surface area contributed by atoms with E-state index < -0.39 is 23.7 Å². The average Bonchev–Trinajstić information content (AvgIpc) is 2.51. The minimum absolute atomic E-state index is 0.0827. The highest BCUT2D eigenvalue weighted by atomic mass is 19.4. The van der Waals surface area contributed by atoms with Gasteiger partial charge in [-0.15, -0.1) is 0 Å². The van der Waals surface area contributed by atoms with Crippen LogP contribution in [0.2, 0.25) is 0 Å². The van der Waals surface area contributed by atoms with E-state index in [1.54, 1.807) is 6.07 Å². The van der Waals surface area contributed by atoms with Gasteiger partial charge in [0.05, 0.1) is 5.56 Å². The fourth-order valence-corrected chi connectivity index (χ4v) is 2.66. The fourth-order valence-electron chi connectivity index (χ4n) is 2.66. The van der Waals surface area contributed by atoms with Crippen LogP contribution in [0.4, 0.5) is 13.2 Å². The van der Waals surface area contributed by atoms with E-state index >= 15 is 0 Å². The van der Waals surface area contributed by atoms with Crippen LogP contribution in [-0.4, -0.2) is 43.0 Å². The Hall–Kier alpha value is -2.09. The molecule has 2 amide bonds. The van der Waals surface area contributed by atoms with Crippen molar-refractivity contribution in [1.29, 1.82) is 0 Å². The number of piperidine rings is 1. The van der Waals surface area contributed by atoms with Gasteiger partial charge in [0.15, 0.2) is 0 Å². The number of rotatable bonds is 5. The molecule has 24 heavy (non-hydrogen) atoms. The molecule has 0 radical (unpaired) electrons. The SMILES string of the molecule is COCC(=O)NC1CCCN(Cc2cccc(C(F)(F)F)c2)C1=O. The molecular weight excluding hydrogens is 325 g/mol. The van der Waals surface area contributed by atoms with Crippen LogP contribution >= 0.6 is 0 Å². The molecule has 1 fully saturated rings. The minimum atomic E-state index is -4.42. The molecule has 1 aliphatic rings. The molecule has 1 aromatic rings. The zero-order chi connectivity index (χ0) is 17.7. The third-order valence-electron chi connectivity index (χ3n) is 3.77. The number of nitrogens with zero attached hydrogens (tertiary/aromatic N) is 1. The standard InChI is InChI=1S/C16H19F3N2O3/c1-24-10-14(22)20-13-6-3-7-21(15(13)23)9-11-4-2-5-12(8-11)16(17,18)19/h2,4-5,8,13H,3,6-7,9-10H2,1H3,(H,20,22). The van der Waals surface area contributed by atoms with Gasteiger partial charge in [0, 0.05) is 20.2 Å². The molecule has 2 rings (SSSR count). The van der Waals surface area contributed by atoms with Crippen molar-refractivity contribution in [3.8, 4) is 0 Å². The van der Waals surface area contributed by atoms with Crippen molar-refractivity contribution >= 4 is 11.8 Å². The van der Waals surface area contributed by atoms with E-state index in [0.29, 0.717) is 24.9 Å². The van der Waals surface area contributed by atoms with Gasteiger partial charge in [-0.05, 0) is 30.5 Å². The van der Waals surface area contributed by atoms with Crippen molar-refractivity contribution in [2.75, 3.05) is 20.3 Å². The first kappa shape index (κ1) is 18.3. The maximum Gasteiger partial charge on any atom is 0.416 e. The third-order valence-corrected chi connectivity index (χ3v) is 3.77. The quantitative estimate of drug-likeness (QED) is 0.888. The predicted octanol–water partition coefficient (Wildman–Crippen LogP) is 1.96. The van der Waals surface area contributed by atoms with Crippen LogP contribution in [0, 0.1) is 0 Å². The zero-order valence-corrected chi connectivity index (χ0v) is 13.2. The van der Waals surface area contributed by atoms with Gasteiger partial charge in [0.1, 0.15) is 12.6 Å². The summed E-state index contributed by atoms with van der Waals surface area (Å²) in [6, 6.07) is 4.25. The summed E-state index contributed by atoms with van der Waals surface area (Å²) < 4.78 is 43.0. The Morgan fingerprint density at radius 1 is 1.42 bits per heavy atom. The summed E-state index contributed by atoms with van der Waals surface area (Å²) in [7, 11) is 1.38. The molecule has 1 aliphatic heterocycles. The predicted molar refractivity (Wildman–Crippen MR) is 79.9 cm³/mol. The summed E-state index contributed by atoms with van der Waals surface area (Å²) in [4.78, 5) is 25.4. The number of ether oxygens (including phenoxy) is 1. The molecule has 1 atom stereocenters. The topological polar surface area (TPSA) is 58.6 Å². The van der Waals surface area contributed by atoms with E-state index in [1.165, 1.54) is 18.1 Å². The maximum absolute atomic E-state index is 12.8. The van der Waals surface area contributed by atoms with Gasteiger partial charge in [0.25, 0.3) is 0 Å². The minimum Gasteiger partial charge on any atom is -0.375 e. The van der Waals surface area contributed by atoms with Crippen LogP contribution in [0.1, 0.15) is 24.0 Å². The summed E-state index contributed by atoms with van der Waals surface area (Å²) in [5, 5.41) is 2.59. The monoisotopic (exact) mass is 344 g/mol. The van der Waals surface area contributed by atoms with Crippen LogP contribution in [0.25, 0.3) is 0 Å². The first-order valence-electron chi connectivity index (χ1n) is 7.54.